The second-order valence-electron chi connectivity index (χ2n) is 6.59. The summed E-state index contributed by atoms with van der Waals surface area (Å²) in [6.07, 6.45) is -4.04. The number of para-hydroxylation sites is 1. The minimum Gasteiger partial charge on any atom is -0.465 e. The highest BCUT2D eigenvalue weighted by Crippen LogP contribution is 2.43. The van der Waals surface area contributed by atoms with Crippen molar-refractivity contribution in [3.05, 3.63) is 75.2 Å². The molecular formula is C21H11BrClF4N3O3. The van der Waals surface area contributed by atoms with Gasteiger partial charge in [-0.15, -0.1) is 0 Å². The Labute approximate surface area is 196 Å². The van der Waals surface area contributed by atoms with E-state index in [1.165, 1.54) is 24.3 Å². The van der Waals surface area contributed by atoms with E-state index >= 15 is 0 Å². The second kappa shape index (κ2) is 8.64. The van der Waals surface area contributed by atoms with Crippen LogP contribution in [0.15, 0.2) is 57.7 Å². The fourth-order valence-corrected chi connectivity index (χ4v) is 3.96. The fraction of sp³-hybridized carbons (Fsp3) is 0.0952. The number of alkyl halides is 3. The highest BCUT2D eigenvalue weighted by Gasteiger charge is 2.42. The third kappa shape index (κ3) is 4.02. The number of benzene rings is 2. The van der Waals surface area contributed by atoms with Crippen LogP contribution in [0.2, 0.25) is 5.02 Å². The zero-order valence-electron chi connectivity index (χ0n) is 16.5. The Morgan fingerprint density at radius 1 is 1.18 bits per heavy atom. The highest BCUT2D eigenvalue weighted by atomic mass is 79.9. The van der Waals surface area contributed by atoms with E-state index in [2.05, 4.69) is 26.2 Å². The fourth-order valence-electron chi connectivity index (χ4n) is 3.25. The van der Waals surface area contributed by atoms with Gasteiger partial charge in [0.25, 0.3) is 0 Å². The van der Waals surface area contributed by atoms with Crippen LogP contribution in [0.25, 0.3) is 28.3 Å². The number of hydrogen-bond acceptors (Lipinski definition) is 5. The Bertz CT molecular complexity index is 1350. The molecule has 12 heteroatoms. The van der Waals surface area contributed by atoms with Crippen molar-refractivity contribution in [3.63, 3.8) is 0 Å². The average molecular weight is 545 g/mol. The molecule has 4 rings (SSSR count). The maximum atomic E-state index is 14.5. The van der Waals surface area contributed by atoms with Gasteiger partial charge in [-0.3, -0.25) is 0 Å². The van der Waals surface area contributed by atoms with E-state index < -0.39 is 46.2 Å². The van der Waals surface area contributed by atoms with Crippen LogP contribution in [0, 0.1) is 5.82 Å². The average Bonchev–Trinajstić information content (AvgIpc) is 3.38. The van der Waals surface area contributed by atoms with Crippen LogP contribution in [-0.4, -0.2) is 28.0 Å². The first kappa shape index (κ1) is 23.0. The first-order valence-corrected chi connectivity index (χ1v) is 10.2. The Hall–Kier alpha value is -3.18. The predicted molar refractivity (Wildman–Crippen MR) is 114 cm³/mol. The lowest BCUT2D eigenvalue weighted by atomic mass is 10.0. The van der Waals surface area contributed by atoms with E-state index in [1.807, 2.05) is 0 Å². The summed E-state index contributed by atoms with van der Waals surface area (Å²) in [5, 5.41) is 7.40. The first-order chi connectivity index (χ1) is 15.6. The summed E-state index contributed by atoms with van der Waals surface area (Å²) in [5.74, 6) is -2.54. The molecule has 33 heavy (non-hydrogen) atoms. The number of hydrogen-bond donors (Lipinski definition) is 0. The summed E-state index contributed by atoms with van der Waals surface area (Å²) in [6, 6.07) is 9.84. The third-order valence-corrected chi connectivity index (χ3v) is 5.63. The third-order valence-electron chi connectivity index (χ3n) is 4.64. The smallest absolute Gasteiger partial charge is 0.434 e. The number of carbonyl (C=O) groups excluding carboxylic acids is 1. The molecule has 0 atom stereocenters. The van der Waals surface area contributed by atoms with Gasteiger partial charge in [0, 0.05) is 4.47 Å². The number of aromatic nitrogens is 3. The Kier molecular flexibility index (Phi) is 6.02. The molecule has 170 valence electrons. The van der Waals surface area contributed by atoms with Crippen molar-refractivity contribution in [2.24, 2.45) is 0 Å². The molecule has 2 heterocycles. The zero-order chi connectivity index (χ0) is 23.9. The van der Waals surface area contributed by atoms with Gasteiger partial charge in [0.1, 0.15) is 17.1 Å². The van der Waals surface area contributed by atoms with Crippen molar-refractivity contribution in [1.82, 2.24) is 14.9 Å². The lowest BCUT2D eigenvalue weighted by Gasteiger charge is -2.13. The number of nitrogens with zero attached hydrogens (tertiary/aromatic N) is 3. The summed E-state index contributed by atoms with van der Waals surface area (Å²) in [5.41, 5.74) is -2.98. The lowest BCUT2D eigenvalue weighted by Crippen LogP contribution is -2.15. The number of halogens is 6. The van der Waals surface area contributed by atoms with Crippen LogP contribution in [0.5, 0.6) is 0 Å². The molecule has 2 aromatic carbocycles. The van der Waals surface area contributed by atoms with E-state index in [0.717, 1.165) is 19.4 Å². The van der Waals surface area contributed by atoms with E-state index in [0.29, 0.717) is 9.15 Å². The summed E-state index contributed by atoms with van der Waals surface area (Å²) in [7, 11) is 1.01. The Morgan fingerprint density at radius 2 is 1.91 bits per heavy atom. The maximum absolute atomic E-state index is 14.5. The topological polar surface area (TPSA) is 70.2 Å². The molecule has 0 fully saturated rings. The van der Waals surface area contributed by atoms with Gasteiger partial charge in [-0.05, 0) is 40.2 Å². The van der Waals surface area contributed by atoms with Gasteiger partial charge >= 0.3 is 12.1 Å². The highest BCUT2D eigenvalue weighted by molar-refractivity contribution is 9.10. The number of ether oxygens (including phenoxy) is 1. The lowest BCUT2D eigenvalue weighted by molar-refractivity contribution is -0.142. The normalized spacial score (nSPS) is 11.6. The van der Waals surface area contributed by atoms with Crippen molar-refractivity contribution < 1.29 is 31.6 Å². The molecule has 0 unspecified atom stereocenters. The Morgan fingerprint density at radius 3 is 2.55 bits per heavy atom. The molecule has 4 aromatic rings. The van der Waals surface area contributed by atoms with Gasteiger partial charge in [0.15, 0.2) is 11.5 Å². The van der Waals surface area contributed by atoms with Crippen LogP contribution in [0.1, 0.15) is 16.1 Å². The van der Waals surface area contributed by atoms with Crippen LogP contribution in [0.4, 0.5) is 17.6 Å². The van der Waals surface area contributed by atoms with Crippen molar-refractivity contribution in [1.29, 1.82) is 0 Å². The van der Waals surface area contributed by atoms with Crippen LogP contribution < -0.4 is 0 Å². The molecule has 0 spiro atoms. The minimum absolute atomic E-state index is 0.0904. The van der Waals surface area contributed by atoms with E-state index in [4.69, 9.17) is 20.9 Å². The summed E-state index contributed by atoms with van der Waals surface area (Å²) in [6.45, 7) is 0. The predicted octanol–water partition coefficient (Wildman–Crippen LogP) is 6.55. The largest absolute Gasteiger partial charge is 0.465 e. The van der Waals surface area contributed by atoms with Crippen LogP contribution in [-0.2, 0) is 10.9 Å². The van der Waals surface area contributed by atoms with Crippen LogP contribution in [0.3, 0.4) is 0 Å². The molecule has 2 aromatic heterocycles. The molecule has 0 saturated heterocycles. The molecule has 6 nitrogen and oxygen atoms in total. The van der Waals surface area contributed by atoms with E-state index in [1.54, 1.807) is 12.1 Å². The summed E-state index contributed by atoms with van der Waals surface area (Å²) >= 11 is 9.27. The molecule has 0 N–H and O–H groups in total. The summed E-state index contributed by atoms with van der Waals surface area (Å²) in [4.78, 5) is 12.6. The number of methoxy groups -OCH3 is 1. The van der Waals surface area contributed by atoms with Gasteiger partial charge in [-0.1, -0.05) is 35.0 Å². The maximum Gasteiger partial charge on any atom is 0.434 e. The summed E-state index contributed by atoms with van der Waals surface area (Å²) < 4.78 is 67.9. The molecule has 0 radical (unpaired) electrons. The molecule has 0 saturated carbocycles. The quantitative estimate of drug-likeness (QED) is 0.215. The number of carbonyl (C=O) groups is 1. The van der Waals surface area contributed by atoms with Crippen LogP contribution >= 0.6 is 27.5 Å². The molecular weight excluding hydrogens is 534 g/mol. The van der Waals surface area contributed by atoms with Crippen molar-refractivity contribution in [2.45, 2.75) is 6.18 Å². The number of esters is 1. The van der Waals surface area contributed by atoms with Crippen molar-refractivity contribution >= 4 is 33.5 Å². The molecule has 0 aliphatic rings. The van der Waals surface area contributed by atoms with Gasteiger partial charge in [0.05, 0.1) is 35.1 Å². The van der Waals surface area contributed by atoms with Gasteiger partial charge in [-0.25, -0.2) is 13.9 Å². The second-order valence-corrected chi connectivity index (χ2v) is 7.85. The standard InChI is InChI=1S/C21H11BrClF4N3O3/c1-32-20(31)16-17(15-12(23)6-4-7-13(15)24)29-33-18(16)10-9-28-30(19(10)21(25,26)27)14-8-3-2-5-11(14)22/h2-9H,1H3. The molecule has 0 aliphatic heterocycles. The number of rotatable bonds is 4. The van der Waals surface area contributed by atoms with E-state index in [9.17, 15) is 22.4 Å². The van der Waals surface area contributed by atoms with Gasteiger partial charge in [-0.2, -0.15) is 18.3 Å². The monoisotopic (exact) mass is 543 g/mol. The van der Waals surface area contributed by atoms with Crippen molar-refractivity contribution in [2.75, 3.05) is 7.11 Å². The minimum atomic E-state index is -4.92. The SMILES string of the molecule is COC(=O)c1c(-c2c(F)cccc2Cl)noc1-c1cnn(-c2ccccc2Br)c1C(F)(F)F. The van der Waals surface area contributed by atoms with Crippen molar-refractivity contribution in [3.8, 4) is 28.3 Å². The molecule has 0 bridgehead atoms. The van der Waals surface area contributed by atoms with Gasteiger partial charge in [0.2, 0.25) is 0 Å². The molecule has 0 amide bonds. The van der Waals surface area contributed by atoms with Gasteiger partial charge < -0.3 is 9.26 Å². The Balaban J connectivity index is 2.02. The molecule has 0 aliphatic carbocycles. The first-order valence-electron chi connectivity index (χ1n) is 9.08. The van der Waals surface area contributed by atoms with E-state index in [-0.39, 0.29) is 16.3 Å². The zero-order valence-corrected chi connectivity index (χ0v) is 18.8.